The van der Waals surface area contributed by atoms with Crippen LogP contribution in [-0.4, -0.2) is 17.2 Å². The molecule has 3 rings (SSSR count). The normalized spacial score (nSPS) is 10.3. The van der Waals surface area contributed by atoms with Gasteiger partial charge in [0.1, 0.15) is 0 Å². The lowest BCUT2D eigenvalue weighted by molar-refractivity contribution is -0.662. The Labute approximate surface area is 140 Å². The number of benzene rings is 2. The predicted molar refractivity (Wildman–Crippen MR) is 84.2 cm³/mol. The van der Waals surface area contributed by atoms with E-state index in [0.29, 0.717) is 12.0 Å². The molecule has 0 aliphatic rings. The van der Waals surface area contributed by atoms with E-state index in [0.717, 1.165) is 11.1 Å². The molecule has 1 aromatic heterocycles. The standard InChI is InChI=1S/C17H17BNO2.BrH/c1-13-10-11-19(17-9-5-3-7-15(13)17)12-14-6-2-4-8-16(14)18(20)21;/h2-11,20-21H,12H2,1H3;1H/q+1;/p-1. The zero-order valence-electron chi connectivity index (χ0n) is 12.3. The molecule has 0 saturated heterocycles. The van der Waals surface area contributed by atoms with E-state index in [4.69, 9.17) is 0 Å². The lowest BCUT2D eigenvalue weighted by atomic mass is 9.77. The maximum atomic E-state index is 9.49. The van der Waals surface area contributed by atoms with Gasteiger partial charge in [0.05, 0.1) is 0 Å². The molecule has 0 atom stereocenters. The lowest BCUT2D eigenvalue weighted by Crippen LogP contribution is -3.00. The highest BCUT2D eigenvalue weighted by molar-refractivity contribution is 6.59. The minimum atomic E-state index is -1.45. The number of halogens is 1. The van der Waals surface area contributed by atoms with Gasteiger partial charge in [-0.05, 0) is 24.0 Å². The van der Waals surface area contributed by atoms with Gasteiger partial charge in [-0.2, -0.15) is 4.57 Å². The third-order valence-corrected chi connectivity index (χ3v) is 3.82. The van der Waals surface area contributed by atoms with E-state index in [2.05, 4.69) is 29.7 Å². The molecule has 3 aromatic rings. The van der Waals surface area contributed by atoms with E-state index >= 15 is 0 Å². The summed E-state index contributed by atoms with van der Waals surface area (Å²) in [4.78, 5) is 0. The van der Waals surface area contributed by atoms with Gasteiger partial charge in [-0.1, -0.05) is 36.4 Å². The molecule has 0 fully saturated rings. The Morgan fingerprint density at radius 3 is 2.41 bits per heavy atom. The summed E-state index contributed by atoms with van der Waals surface area (Å²) >= 11 is 0. The summed E-state index contributed by atoms with van der Waals surface area (Å²) < 4.78 is 2.13. The highest BCUT2D eigenvalue weighted by Gasteiger charge is 2.19. The Morgan fingerprint density at radius 1 is 0.955 bits per heavy atom. The van der Waals surface area contributed by atoms with Gasteiger partial charge in [0.15, 0.2) is 12.7 Å². The van der Waals surface area contributed by atoms with Crippen LogP contribution in [0.5, 0.6) is 0 Å². The molecule has 0 amide bonds. The van der Waals surface area contributed by atoms with Gasteiger partial charge in [0.25, 0.3) is 0 Å². The van der Waals surface area contributed by atoms with Crippen molar-refractivity contribution < 1.29 is 31.6 Å². The molecular weight excluding hydrogens is 341 g/mol. The largest absolute Gasteiger partial charge is 1.00 e. The van der Waals surface area contributed by atoms with E-state index in [1.54, 1.807) is 6.07 Å². The number of hydrogen-bond donors (Lipinski definition) is 2. The molecule has 2 N–H and O–H groups in total. The number of aryl methyl sites for hydroxylation is 1. The zero-order valence-corrected chi connectivity index (χ0v) is 13.9. The molecule has 3 nitrogen and oxygen atoms in total. The van der Waals surface area contributed by atoms with E-state index in [1.807, 2.05) is 36.5 Å². The summed E-state index contributed by atoms with van der Waals surface area (Å²) in [6, 6.07) is 17.7. The van der Waals surface area contributed by atoms with Gasteiger partial charge in [0, 0.05) is 23.1 Å². The molecule has 0 bridgehead atoms. The first-order valence-corrected chi connectivity index (χ1v) is 6.98. The smallest absolute Gasteiger partial charge is 0.488 e. The Morgan fingerprint density at radius 2 is 1.64 bits per heavy atom. The Hall–Kier alpha value is -1.69. The Bertz CT molecular complexity index is 792. The fourth-order valence-electron chi connectivity index (χ4n) is 2.68. The summed E-state index contributed by atoms with van der Waals surface area (Å²) in [7, 11) is -1.45. The average molecular weight is 358 g/mol. The molecule has 112 valence electrons. The second kappa shape index (κ2) is 7.05. The van der Waals surface area contributed by atoms with Crippen molar-refractivity contribution in [3.05, 3.63) is 71.9 Å². The van der Waals surface area contributed by atoms with Crippen molar-refractivity contribution in [3.63, 3.8) is 0 Å². The van der Waals surface area contributed by atoms with Crippen LogP contribution in [0.3, 0.4) is 0 Å². The van der Waals surface area contributed by atoms with Gasteiger partial charge in [-0.25, -0.2) is 0 Å². The first-order valence-electron chi connectivity index (χ1n) is 6.98. The molecular formula is C17H17BBrNO2. The first kappa shape index (κ1) is 16.7. The van der Waals surface area contributed by atoms with Crippen LogP contribution in [0.15, 0.2) is 60.8 Å². The van der Waals surface area contributed by atoms with Gasteiger partial charge in [-0.3, -0.25) is 0 Å². The Kier molecular flexibility index (Phi) is 5.35. The van der Waals surface area contributed by atoms with E-state index in [9.17, 15) is 10.0 Å². The third kappa shape index (κ3) is 3.22. The van der Waals surface area contributed by atoms with Crippen LogP contribution < -0.4 is 27.0 Å². The fourth-order valence-corrected chi connectivity index (χ4v) is 2.68. The highest BCUT2D eigenvalue weighted by atomic mass is 79.9. The van der Waals surface area contributed by atoms with Gasteiger partial charge < -0.3 is 27.0 Å². The number of para-hydroxylation sites is 1. The van der Waals surface area contributed by atoms with Crippen LogP contribution in [0.2, 0.25) is 0 Å². The number of fused-ring (bicyclic) bond motifs is 1. The number of pyridine rings is 1. The molecule has 0 radical (unpaired) electrons. The predicted octanol–water partition coefficient (Wildman–Crippen LogP) is -1.83. The van der Waals surface area contributed by atoms with Crippen molar-refractivity contribution in [1.82, 2.24) is 0 Å². The van der Waals surface area contributed by atoms with Gasteiger partial charge in [0.2, 0.25) is 5.52 Å². The summed E-state index contributed by atoms with van der Waals surface area (Å²) in [6.07, 6.45) is 2.04. The summed E-state index contributed by atoms with van der Waals surface area (Å²) in [6.45, 7) is 2.70. The van der Waals surface area contributed by atoms with Crippen molar-refractivity contribution >= 4 is 23.5 Å². The second-order valence-electron chi connectivity index (χ2n) is 5.22. The van der Waals surface area contributed by atoms with E-state index in [-0.39, 0.29) is 17.0 Å². The van der Waals surface area contributed by atoms with Crippen molar-refractivity contribution in [3.8, 4) is 0 Å². The average Bonchev–Trinajstić information content (AvgIpc) is 2.51. The van der Waals surface area contributed by atoms with Crippen LogP contribution in [0, 0.1) is 6.92 Å². The minimum absolute atomic E-state index is 0. The van der Waals surface area contributed by atoms with Crippen molar-refractivity contribution in [2.24, 2.45) is 0 Å². The van der Waals surface area contributed by atoms with Crippen molar-refractivity contribution in [2.75, 3.05) is 0 Å². The van der Waals surface area contributed by atoms with E-state index < -0.39 is 7.12 Å². The zero-order chi connectivity index (χ0) is 14.8. The van der Waals surface area contributed by atoms with Crippen LogP contribution in [0.1, 0.15) is 11.1 Å². The second-order valence-corrected chi connectivity index (χ2v) is 5.22. The molecule has 0 unspecified atom stereocenters. The summed E-state index contributed by atoms with van der Waals surface area (Å²) in [5.41, 5.74) is 3.83. The maximum Gasteiger partial charge on any atom is 0.488 e. The fraction of sp³-hybridized carbons (Fsp3) is 0.118. The van der Waals surface area contributed by atoms with Crippen LogP contribution in [0.4, 0.5) is 0 Å². The maximum absolute atomic E-state index is 9.49. The highest BCUT2D eigenvalue weighted by Crippen LogP contribution is 2.14. The third-order valence-electron chi connectivity index (χ3n) is 3.82. The molecule has 0 aliphatic carbocycles. The lowest BCUT2D eigenvalue weighted by Gasteiger charge is -2.08. The number of rotatable bonds is 3. The van der Waals surface area contributed by atoms with Crippen LogP contribution >= 0.6 is 0 Å². The molecule has 5 heteroatoms. The van der Waals surface area contributed by atoms with Gasteiger partial charge >= 0.3 is 7.12 Å². The van der Waals surface area contributed by atoms with E-state index in [1.165, 1.54) is 10.9 Å². The van der Waals surface area contributed by atoms with Crippen LogP contribution in [0.25, 0.3) is 10.9 Å². The monoisotopic (exact) mass is 357 g/mol. The number of hydrogen-bond acceptors (Lipinski definition) is 2. The quantitative estimate of drug-likeness (QED) is 0.428. The van der Waals surface area contributed by atoms with Gasteiger partial charge in [-0.15, -0.1) is 0 Å². The van der Waals surface area contributed by atoms with Crippen LogP contribution in [-0.2, 0) is 6.54 Å². The molecule has 22 heavy (non-hydrogen) atoms. The topological polar surface area (TPSA) is 44.3 Å². The SMILES string of the molecule is Cc1cc[n+](Cc2ccccc2B(O)O)c2ccccc12.[Br-]. The minimum Gasteiger partial charge on any atom is -1.00 e. The number of aromatic nitrogens is 1. The molecule has 0 aliphatic heterocycles. The summed E-state index contributed by atoms with van der Waals surface area (Å²) in [5.74, 6) is 0. The molecule has 1 heterocycles. The Balaban J connectivity index is 0.00000176. The van der Waals surface area contributed by atoms with Crippen molar-refractivity contribution in [2.45, 2.75) is 13.5 Å². The molecule has 2 aromatic carbocycles. The first-order chi connectivity index (χ1) is 10.2. The molecule has 0 saturated carbocycles. The summed E-state index contributed by atoms with van der Waals surface area (Å²) in [5, 5.41) is 20.2. The van der Waals surface area contributed by atoms with Crippen molar-refractivity contribution in [1.29, 1.82) is 0 Å². The number of nitrogens with zero attached hydrogens (tertiary/aromatic N) is 1. The molecule has 0 spiro atoms.